The molecule has 1 N–H and O–H groups in total. The van der Waals surface area contributed by atoms with Crippen LogP contribution in [0.5, 0.6) is 0 Å². The quantitative estimate of drug-likeness (QED) is 0.195. The molecule has 0 spiro atoms. The van der Waals surface area contributed by atoms with Crippen LogP contribution in [0.15, 0.2) is 84.9 Å². The molecule has 1 aromatic heterocycles. The smallest absolute Gasteiger partial charge is 0.149 e. The molecule has 0 bridgehead atoms. The highest BCUT2D eigenvalue weighted by Gasteiger charge is 2.29. The summed E-state index contributed by atoms with van der Waals surface area (Å²) in [6.07, 6.45) is -0.629. The number of imidazole rings is 1. The number of aliphatic hydroxyl groups is 1. The summed E-state index contributed by atoms with van der Waals surface area (Å²) < 4.78 is 2.08. The van der Waals surface area contributed by atoms with Gasteiger partial charge in [-0.15, -0.1) is 37.2 Å². The van der Waals surface area contributed by atoms with Gasteiger partial charge in [-0.1, -0.05) is 99.6 Å². The van der Waals surface area contributed by atoms with Gasteiger partial charge in [0, 0.05) is 38.3 Å². The minimum Gasteiger partial charge on any atom is -0.385 e. The molecular formula is C33H42Cl3IN4O. The summed E-state index contributed by atoms with van der Waals surface area (Å²) in [7, 11) is 0. The minimum absolute atomic E-state index is 0. The third-order valence-corrected chi connectivity index (χ3v) is 8.99. The number of piperazine rings is 1. The first-order valence-corrected chi connectivity index (χ1v) is 14.8. The Morgan fingerprint density at radius 2 is 1.36 bits per heavy atom. The fraction of sp³-hybridized carbons (Fsp3) is 0.364. The van der Waals surface area contributed by atoms with Crippen LogP contribution in [0.2, 0.25) is 0 Å². The Morgan fingerprint density at radius 1 is 0.810 bits per heavy atom. The highest BCUT2D eigenvalue weighted by Crippen LogP contribution is 2.33. The van der Waals surface area contributed by atoms with Crippen molar-refractivity contribution < 1.29 is 5.11 Å². The van der Waals surface area contributed by atoms with E-state index in [9.17, 15) is 5.11 Å². The van der Waals surface area contributed by atoms with Crippen LogP contribution in [0.25, 0.3) is 11.4 Å². The number of halogens is 4. The number of aromatic nitrogens is 2. The molecule has 5 rings (SSSR count). The van der Waals surface area contributed by atoms with Gasteiger partial charge >= 0.3 is 0 Å². The highest BCUT2D eigenvalue weighted by atomic mass is 127. The van der Waals surface area contributed by atoms with Crippen LogP contribution in [0, 0.1) is 6.92 Å². The molecule has 9 heteroatoms. The number of nitrogens with zero attached hydrogens (tertiary/aromatic N) is 4. The van der Waals surface area contributed by atoms with Gasteiger partial charge in [0.15, 0.2) is 0 Å². The van der Waals surface area contributed by atoms with Gasteiger partial charge in [0.1, 0.15) is 11.9 Å². The largest absolute Gasteiger partial charge is 0.385 e. The maximum absolute atomic E-state index is 11.3. The molecule has 42 heavy (non-hydrogen) atoms. The molecule has 1 saturated heterocycles. The zero-order chi connectivity index (χ0) is 27.6. The summed E-state index contributed by atoms with van der Waals surface area (Å²) >= 11 is 2.31. The highest BCUT2D eigenvalue weighted by molar-refractivity contribution is 14.1. The molecule has 0 aliphatic carbocycles. The van der Waals surface area contributed by atoms with E-state index in [1.807, 2.05) is 0 Å². The van der Waals surface area contributed by atoms with Crippen molar-refractivity contribution in [3.8, 4) is 11.4 Å². The predicted octanol–water partition coefficient (Wildman–Crippen LogP) is 8.06. The fourth-order valence-electron chi connectivity index (χ4n) is 5.54. The molecule has 4 aromatic rings. The summed E-state index contributed by atoms with van der Waals surface area (Å²) in [5.41, 5.74) is 6.85. The first-order valence-electron chi connectivity index (χ1n) is 13.8. The van der Waals surface area contributed by atoms with E-state index < -0.39 is 6.10 Å². The van der Waals surface area contributed by atoms with E-state index in [0.29, 0.717) is 6.54 Å². The van der Waals surface area contributed by atoms with Crippen molar-refractivity contribution in [2.75, 3.05) is 32.7 Å². The van der Waals surface area contributed by atoms with Gasteiger partial charge in [-0.3, -0.25) is 12.6 Å². The lowest BCUT2D eigenvalue weighted by Crippen LogP contribution is -2.48. The lowest BCUT2D eigenvalue weighted by Gasteiger charge is -2.40. The van der Waals surface area contributed by atoms with Crippen molar-refractivity contribution in [1.82, 2.24) is 17.6 Å². The molecule has 1 fully saturated rings. The third-order valence-electron chi connectivity index (χ3n) is 7.81. The monoisotopic (exact) mass is 742 g/mol. The molecule has 0 amide bonds. The van der Waals surface area contributed by atoms with E-state index >= 15 is 0 Å². The van der Waals surface area contributed by atoms with Crippen LogP contribution in [-0.2, 0) is 5.41 Å². The predicted molar refractivity (Wildman–Crippen MR) is 190 cm³/mol. The Morgan fingerprint density at radius 3 is 1.88 bits per heavy atom. The van der Waals surface area contributed by atoms with Crippen LogP contribution in [0.4, 0.5) is 0 Å². The molecule has 3 aromatic carbocycles. The second-order valence-electron chi connectivity index (χ2n) is 11.6. The van der Waals surface area contributed by atoms with Gasteiger partial charge in [0.05, 0.1) is 40.3 Å². The molecular weight excluding hydrogens is 702 g/mol. The maximum Gasteiger partial charge on any atom is 0.149 e. The van der Waals surface area contributed by atoms with Gasteiger partial charge in [-0.05, 0) is 35.1 Å². The Labute approximate surface area is 283 Å². The van der Waals surface area contributed by atoms with Gasteiger partial charge in [0.2, 0.25) is 0 Å². The number of rotatable bonds is 7. The average molecular weight is 744 g/mol. The molecule has 2 heterocycles. The molecule has 1 aliphatic rings. The zero-order valence-corrected chi connectivity index (χ0v) is 29.2. The van der Waals surface area contributed by atoms with Crippen LogP contribution in [-0.4, -0.2) is 55.4 Å². The van der Waals surface area contributed by atoms with E-state index in [4.69, 9.17) is 4.98 Å². The van der Waals surface area contributed by atoms with Gasteiger partial charge in [-0.2, -0.15) is 0 Å². The zero-order valence-electron chi connectivity index (χ0n) is 24.6. The van der Waals surface area contributed by atoms with E-state index in [0.717, 1.165) is 49.0 Å². The van der Waals surface area contributed by atoms with E-state index in [-0.39, 0.29) is 48.7 Å². The molecule has 1 aliphatic heterocycles. The first-order chi connectivity index (χ1) is 18.7. The standard InChI is InChI=1S/C33H39IN4O.3ClH/c1-24-30(35-32(38(24)34)27-16-11-17-28(22-27)33(2,3)4)29(39)23-36-18-20-37(21-19-36)31(25-12-7-5-8-13-25)26-14-9-6-10-15-26;;;/h5-17,22,29,31,39H,18-21,23H2,1-4H3;3*1H. The van der Waals surface area contributed by atoms with Crippen molar-refractivity contribution in [3.63, 3.8) is 0 Å². The van der Waals surface area contributed by atoms with E-state index in [1.165, 1.54) is 16.7 Å². The number of hydrogen-bond donors (Lipinski definition) is 1. The maximum atomic E-state index is 11.3. The third kappa shape index (κ3) is 8.29. The second kappa shape index (κ2) is 15.9. The number of aliphatic hydroxyl groups excluding tert-OH is 1. The SMILES string of the molecule is Cc1c(C(O)CN2CCN(C(c3ccccc3)c3ccccc3)CC2)nc(-c2cccc(C(C)(C)C)c2)n1I.Cl.Cl.Cl. The molecule has 0 saturated carbocycles. The summed E-state index contributed by atoms with van der Waals surface area (Å²) in [6, 6.07) is 30.4. The van der Waals surface area contributed by atoms with E-state index in [1.54, 1.807) is 0 Å². The first kappa shape index (κ1) is 36.5. The molecule has 228 valence electrons. The van der Waals surface area contributed by atoms with Crippen molar-refractivity contribution in [3.05, 3.63) is 113 Å². The van der Waals surface area contributed by atoms with Crippen molar-refractivity contribution in [1.29, 1.82) is 0 Å². The van der Waals surface area contributed by atoms with Crippen molar-refractivity contribution in [2.45, 2.75) is 45.3 Å². The number of hydrogen-bond acceptors (Lipinski definition) is 4. The van der Waals surface area contributed by atoms with E-state index in [2.05, 4.69) is 148 Å². The fourth-order valence-corrected chi connectivity index (χ4v) is 6.17. The van der Waals surface area contributed by atoms with Gasteiger partial charge in [-0.25, -0.2) is 4.98 Å². The van der Waals surface area contributed by atoms with Crippen molar-refractivity contribution >= 4 is 60.1 Å². The summed E-state index contributed by atoms with van der Waals surface area (Å²) in [5, 5.41) is 11.3. The number of benzene rings is 3. The second-order valence-corrected chi connectivity index (χ2v) is 12.6. The topological polar surface area (TPSA) is 44.5 Å². The van der Waals surface area contributed by atoms with Crippen LogP contribution in [0.3, 0.4) is 0 Å². The van der Waals surface area contributed by atoms with Gasteiger partial charge in [0.25, 0.3) is 0 Å². The molecule has 1 unspecified atom stereocenters. The lowest BCUT2D eigenvalue weighted by molar-refractivity contribution is 0.0606. The Hall–Kier alpha value is -1.65. The molecule has 0 radical (unpaired) electrons. The van der Waals surface area contributed by atoms with Crippen LogP contribution in [0.1, 0.15) is 61.0 Å². The normalized spacial score (nSPS) is 14.9. The Bertz CT molecular complexity index is 1350. The van der Waals surface area contributed by atoms with Gasteiger partial charge < -0.3 is 5.11 Å². The Kier molecular flexibility index (Phi) is 13.8. The Balaban J connectivity index is 0.00000205. The summed E-state index contributed by atoms with van der Waals surface area (Å²) in [6.45, 7) is 13.1. The lowest BCUT2D eigenvalue weighted by atomic mass is 9.86. The van der Waals surface area contributed by atoms with Crippen molar-refractivity contribution in [2.24, 2.45) is 0 Å². The minimum atomic E-state index is -0.629. The average Bonchev–Trinajstić information content (AvgIpc) is 3.25. The summed E-state index contributed by atoms with van der Waals surface area (Å²) in [4.78, 5) is 9.90. The van der Waals surface area contributed by atoms with Crippen LogP contribution >= 0.6 is 60.1 Å². The molecule has 1 atom stereocenters. The molecule has 5 nitrogen and oxygen atoms in total. The van der Waals surface area contributed by atoms with Crippen LogP contribution < -0.4 is 0 Å². The number of β-amino-alcohol motifs (C(OH)–C–C–N with tert-alkyl or cyclic N) is 1. The summed E-state index contributed by atoms with van der Waals surface area (Å²) in [5.74, 6) is 0.895.